The molecule has 0 saturated carbocycles. The molecule has 0 spiro atoms. The quantitative estimate of drug-likeness (QED) is 0.783. The summed E-state index contributed by atoms with van der Waals surface area (Å²) in [6.45, 7) is 2.82. The Morgan fingerprint density at radius 3 is 2.30 bits per heavy atom. The number of rotatable bonds is 2. The topological polar surface area (TPSA) is 73.6 Å². The van der Waals surface area contributed by atoms with Crippen LogP contribution in [0.2, 0.25) is 0 Å². The smallest absolute Gasteiger partial charge is 0.272 e. The van der Waals surface area contributed by atoms with E-state index in [2.05, 4.69) is 0 Å². The van der Waals surface area contributed by atoms with Crippen molar-refractivity contribution in [2.75, 3.05) is 12.0 Å². The summed E-state index contributed by atoms with van der Waals surface area (Å²) >= 11 is 0. The van der Waals surface area contributed by atoms with E-state index in [9.17, 15) is 22.8 Å². The van der Waals surface area contributed by atoms with Crippen LogP contribution in [0.1, 0.15) is 25.0 Å². The standard InChI is InChI=1S/C14H12F3N3O3/c1-13(2)11(21)19(12(22)20(13)23-3)9-5-4-8(7-18)10(6-9)14(15,16)17/h4-6H,1-3H3. The average molecular weight is 327 g/mol. The minimum absolute atomic E-state index is 0.279. The molecule has 1 aliphatic heterocycles. The maximum absolute atomic E-state index is 13.0. The van der Waals surface area contributed by atoms with Gasteiger partial charge in [-0.1, -0.05) is 0 Å². The lowest BCUT2D eigenvalue weighted by Gasteiger charge is -2.24. The molecule has 0 N–H and O–H groups in total. The molecule has 122 valence electrons. The van der Waals surface area contributed by atoms with Gasteiger partial charge in [0.05, 0.1) is 30.0 Å². The van der Waals surface area contributed by atoms with E-state index in [-0.39, 0.29) is 5.69 Å². The second-order valence-corrected chi connectivity index (χ2v) is 5.30. The van der Waals surface area contributed by atoms with Crippen molar-refractivity contribution in [1.82, 2.24) is 5.06 Å². The molecule has 0 atom stereocenters. The van der Waals surface area contributed by atoms with Crippen molar-refractivity contribution in [3.63, 3.8) is 0 Å². The Bertz CT molecular complexity index is 722. The first-order chi connectivity index (χ1) is 10.6. The zero-order valence-electron chi connectivity index (χ0n) is 12.4. The summed E-state index contributed by atoms with van der Waals surface area (Å²) < 4.78 is 39.1. The van der Waals surface area contributed by atoms with Crippen LogP contribution >= 0.6 is 0 Å². The van der Waals surface area contributed by atoms with Crippen molar-refractivity contribution in [3.8, 4) is 6.07 Å². The van der Waals surface area contributed by atoms with Crippen molar-refractivity contribution in [2.45, 2.75) is 25.6 Å². The molecule has 1 aromatic rings. The van der Waals surface area contributed by atoms with Crippen molar-refractivity contribution in [2.24, 2.45) is 0 Å². The lowest BCUT2D eigenvalue weighted by Crippen LogP contribution is -2.43. The molecule has 2 rings (SSSR count). The number of alkyl halides is 3. The van der Waals surface area contributed by atoms with Crippen molar-refractivity contribution < 1.29 is 27.6 Å². The number of amides is 3. The fraction of sp³-hybridized carbons (Fsp3) is 0.357. The second kappa shape index (κ2) is 5.24. The summed E-state index contributed by atoms with van der Waals surface area (Å²) in [4.78, 5) is 30.0. The van der Waals surface area contributed by atoms with Crippen LogP contribution < -0.4 is 4.90 Å². The zero-order valence-corrected chi connectivity index (χ0v) is 12.4. The maximum atomic E-state index is 13.0. The molecule has 1 heterocycles. The first-order valence-corrected chi connectivity index (χ1v) is 6.40. The monoisotopic (exact) mass is 327 g/mol. The number of hydrogen-bond donors (Lipinski definition) is 0. The minimum atomic E-state index is -4.79. The predicted molar refractivity (Wildman–Crippen MR) is 72.0 cm³/mol. The van der Waals surface area contributed by atoms with Crippen molar-refractivity contribution in [3.05, 3.63) is 29.3 Å². The van der Waals surface area contributed by atoms with Gasteiger partial charge in [-0.05, 0) is 32.0 Å². The Kier molecular flexibility index (Phi) is 3.82. The molecular formula is C14H12F3N3O3. The Balaban J connectivity index is 2.58. The van der Waals surface area contributed by atoms with Gasteiger partial charge in [0.25, 0.3) is 5.91 Å². The van der Waals surface area contributed by atoms with E-state index in [0.29, 0.717) is 11.0 Å². The number of carbonyl (C=O) groups excluding carboxylic acids is 2. The summed E-state index contributed by atoms with van der Waals surface area (Å²) in [5, 5.41) is 9.56. The first-order valence-electron chi connectivity index (χ1n) is 6.40. The molecular weight excluding hydrogens is 315 g/mol. The van der Waals surface area contributed by atoms with E-state index in [1.54, 1.807) is 0 Å². The van der Waals surface area contributed by atoms with Crippen LogP contribution in [-0.4, -0.2) is 29.7 Å². The normalized spacial score (nSPS) is 17.6. The van der Waals surface area contributed by atoms with Crippen LogP contribution in [0.15, 0.2) is 18.2 Å². The molecule has 1 aliphatic rings. The highest BCUT2D eigenvalue weighted by atomic mass is 19.4. The Morgan fingerprint density at radius 1 is 1.26 bits per heavy atom. The van der Waals surface area contributed by atoms with Gasteiger partial charge in [-0.2, -0.15) is 23.5 Å². The molecule has 6 nitrogen and oxygen atoms in total. The lowest BCUT2D eigenvalue weighted by atomic mass is 10.0. The number of nitrogens with zero attached hydrogens (tertiary/aromatic N) is 3. The Morgan fingerprint density at radius 2 is 1.87 bits per heavy atom. The number of benzene rings is 1. The number of urea groups is 1. The molecule has 0 radical (unpaired) electrons. The molecule has 1 fully saturated rings. The molecule has 0 unspecified atom stereocenters. The lowest BCUT2D eigenvalue weighted by molar-refractivity contribution is -0.151. The highest BCUT2D eigenvalue weighted by molar-refractivity contribution is 6.22. The summed E-state index contributed by atoms with van der Waals surface area (Å²) in [6, 6.07) is 3.16. The Hall–Kier alpha value is -2.60. The number of hydrogen-bond acceptors (Lipinski definition) is 4. The van der Waals surface area contributed by atoms with Gasteiger partial charge in [0.15, 0.2) is 0 Å². The number of nitriles is 1. The molecule has 0 aromatic heterocycles. The number of imide groups is 1. The van der Waals surface area contributed by atoms with Crippen LogP contribution in [0, 0.1) is 11.3 Å². The van der Waals surface area contributed by atoms with E-state index < -0.39 is 34.8 Å². The number of anilines is 1. The molecule has 1 aromatic carbocycles. The van der Waals surface area contributed by atoms with Gasteiger partial charge >= 0.3 is 12.2 Å². The molecule has 9 heteroatoms. The highest BCUT2D eigenvalue weighted by Crippen LogP contribution is 2.37. The Labute approximate surface area is 129 Å². The van der Waals surface area contributed by atoms with Gasteiger partial charge in [0.1, 0.15) is 5.54 Å². The van der Waals surface area contributed by atoms with E-state index in [0.717, 1.165) is 17.2 Å². The SMILES string of the molecule is CON1C(=O)N(c2ccc(C#N)c(C(F)(F)F)c2)C(=O)C1(C)C. The van der Waals surface area contributed by atoms with Crippen molar-refractivity contribution in [1.29, 1.82) is 5.26 Å². The van der Waals surface area contributed by atoms with Crippen LogP contribution in [0.5, 0.6) is 0 Å². The fourth-order valence-corrected chi connectivity index (χ4v) is 2.31. The minimum Gasteiger partial charge on any atom is -0.272 e. The van der Waals surface area contributed by atoms with Gasteiger partial charge in [-0.15, -0.1) is 0 Å². The van der Waals surface area contributed by atoms with Crippen LogP contribution in [0.25, 0.3) is 0 Å². The predicted octanol–water partition coefficient (Wildman–Crippen LogP) is 2.69. The number of halogens is 3. The average Bonchev–Trinajstić information content (AvgIpc) is 2.63. The third-order valence-electron chi connectivity index (χ3n) is 3.47. The summed E-state index contributed by atoms with van der Waals surface area (Å²) in [7, 11) is 1.18. The molecule has 1 saturated heterocycles. The van der Waals surface area contributed by atoms with E-state index in [1.165, 1.54) is 27.0 Å². The zero-order chi connectivity index (χ0) is 17.6. The highest BCUT2D eigenvalue weighted by Gasteiger charge is 2.53. The number of hydroxylamine groups is 2. The van der Waals surface area contributed by atoms with Crippen LogP contribution in [0.4, 0.5) is 23.7 Å². The van der Waals surface area contributed by atoms with Crippen molar-refractivity contribution >= 4 is 17.6 Å². The summed E-state index contributed by atoms with van der Waals surface area (Å²) in [5.74, 6) is -0.734. The van der Waals surface area contributed by atoms with Crippen LogP contribution in [0.3, 0.4) is 0 Å². The summed E-state index contributed by atoms with van der Waals surface area (Å²) in [6.07, 6.45) is -4.79. The van der Waals surface area contributed by atoms with Crippen LogP contribution in [-0.2, 0) is 15.8 Å². The van der Waals surface area contributed by atoms with E-state index in [1.807, 2.05) is 0 Å². The largest absolute Gasteiger partial charge is 0.417 e. The third-order valence-corrected chi connectivity index (χ3v) is 3.47. The van der Waals surface area contributed by atoms with Gasteiger partial charge in [-0.3, -0.25) is 9.63 Å². The van der Waals surface area contributed by atoms with Gasteiger partial charge < -0.3 is 0 Å². The fourth-order valence-electron chi connectivity index (χ4n) is 2.31. The molecule has 0 bridgehead atoms. The summed E-state index contributed by atoms with van der Waals surface area (Å²) in [5.41, 5.74) is -3.45. The van der Waals surface area contributed by atoms with E-state index in [4.69, 9.17) is 10.1 Å². The first kappa shape index (κ1) is 16.8. The second-order valence-electron chi connectivity index (χ2n) is 5.30. The maximum Gasteiger partial charge on any atom is 0.417 e. The molecule has 3 amide bonds. The number of carbonyl (C=O) groups is 2. The third kappa shape index (κ3) is 2.51. The van der Waals surface area contributed by atoms with Gasteiger partial charge in [0, 0.05) is 0 Å². The van der Waals surface area contributed by atoms with Gasteiger partial charge in [0.2, 0.25) is 0 Å². The molecule has 0 aliphatic carbocycles. The molecule has 23 heavy (non-hydrogen) atoms. The van der Waals surface area contributed by atoms with Gasteiger partial charge in [-0.25, -0.2) is 9.69 Å². The van der Waals surface area contributed by atoms with E-state index >= 15 is 0 Å².